The molecule has 0 aromatic rings. The molecule has 5 nitrogen and oxygen atoms in total. The number of carbonyl (C=O) groups excluding carboxylic acids is 1. The van der Waals surface area contributed by atoms with Crippen LogP contribution in [0.15, 0.2) is 0 Å². The molecule has 0 saturated carbocycles. The third-order valence-electron chi connectivity index (χ3n) is 2.11. The van der Waals surface area contributed by atoms with E-state index in [1.54, 1.807) is 4.90 Å². The fourth-order valence-electron chi connectivity index (χ4n) is 1.47. The predicted octanol–water partition coefficient (Wildman–Crippen LogP) is -1.15. The molecule has 0 bridgehead atoms. The van der Waals surface area contributed by atoms with E-state index in [-0.39, 0.29) is 17.7 Å². The van der Waals surface area contributed by atoms with Crippen LogP contribution in [0.3, 0.4) is 0 Å². The molecule has 6 heteroatoms. The molecule has 0 aliphatic carbocycles. The summed E-state index contributed by atoms with van der Waals surface area (Å²) in [6.45, 7) is 3.89. The van der Waals surface area contributed by atoms with Crippen molar-refractivity contribution in [1.82, 2.24) is 10.2 Å². The molecule has 1 amide bonds. The summed E-state index contributed by atoms with van der Waals surface area (Å²) in [6, 6.07) is 0.243. The van der Waals surface area contributed by atoms with Crippen molar-refractivity contribution in [2.45, 2.75) is 13.0 Å². The molecule has 0 spiro atoms. The Morgan fingerprint density at radius 2 is 2.21 bits per heavy atom. The Bertz CT molecular complexity index is 313. The lowest BCUT2D eigenvalue weighted by Crippen LogP contribution is -2.52. The van der Waals surface area contributed by atoms with E-state index in [9.17, 15) is 13.2 Å². The highest BCUT2D eigenvalue weighted by molar-refractivity contribution is 7.91. The van der Waals surface area contributed by atoms with Crippen molar-refractivity contribution in [3.05, 3.63) is 0 Å². The van der Waals surface area contributed by atoms with Crippen LogP contribution in [0.25, 0.3) is 0 Å². The van der Waals surface area contributed by atoms with Gasteiger partial charge in [-0.25, -0.2) is 8.42 Å². The first-order valence-corrected chi connectivity index (χ1v) is 6.63. The smallest absolute Gasteiger partial charge is 0.237 e. The normalized spacial score (nSPS) is 23.6. The Balaban J connectivity index is 2.52. The van der Waals surface area contributed by atoms with Gasteiger partial charge in [0.05, 0.1) is 0 Å². The summed E-state index contributed by atoms with van der Waals surface area (Å²) in [4.78, 5) is 13.1. The maximum Gasteiger partial charge on any atom is 0.237 e. The van der Waals surface area contributed by atoms with Crippen molar-refractivity contribution in [3.63, 3.8) is 0 Å². The first-order valence-electron chi connectivity index (χ1n) is 4.57. The number of amides is 1. The van der Waals surface area contributed by atoms with E-state index in [0.717, 1.165) is 12.8 Å². The van der Waals surface area contributed by atoms with E-state index in [0.29, 0.717) is 13.1 Å². The molecule has 82 valence electrons. The Hall–Kier alpha value is -0.620. The van der Waals surface area contributed by atoms with Gasteiger partial charge in [0.25, 0.3) is 0 Å². The lowest BCUT2D eigenvalue weighted by Gasteiger charge is -2.31. The van der Waals surface area contributed by atoms with Crippen LogP contribution < -0.4 is 5.32 Å². The Morgan fingerprint density at radius 1 is 1.57 bits per heavy atom. The summed E-state index contributed by atoms with van der Waals surface area (Å²) in [5, 5.41) is 3.19. The lowest BCUT2D eigenvalue weighted by molar-refractivity contribution is -0.129. The zero-order valence-electron chi connectivity index (χ0n) is 8.49. The minimum Gasteiger partial charge on any atom is -0.339 e. The Labute approximate surface area is 84.4 Å². The summed E-state index contributed by atoms with van der Waals surface area (Å²) in [5.74, 6) is -0.666. The van der Waals surface area contributed by atoms with Crippen LogP contribution in [-0.2, 0) is 14.6 Å². The maximum atomic E-state index is 11.5. The average Bonchev–Trinajstić information content (AvgIpc) is 2.01. The number of rotatable bonds is 2. The molecule has 1 aliphatic rings. The zero-order valence-corrected chi connectivity index (χ0v) is 9.30. The van der Waals surface area contributed by atoms with Crippen molar-refractivity contribution in [3.8, 4) is 0 Å². The minimum absolute atomic E-state index is 0.243. The van der Waals surface area contributed by atoms with E-state index in [1.165, 1.54) is 0 Å². The highest BCUT2D eigenvalue weighted by Crippen LogP contribution is 2.00. The van der Waals surface area contributed by atoms with Crippen LogP contribution >= 0.6 is 0 Å². The molecule has 1 atom stereocenters. The van der Waals surface area contributed by atoms with Gasteiger partial charge in [-0.2, -0.15) is 0 Å². The van der Waals surface area contributed by atoms with Crippen molar-refractivity contribution < 1.29 is 13.2 Å². The largest absolute Gasteiger partial charge is 0.339 e. The van der Waals surface area contributed by atoms with Crippen molar-refractivity contribution in [2.24, 2.45) is 0 Å². The predicted molar refractivity (Wildman–Crippen MR) is 53.8 cm³/mol. The lowest BCUT2D eigenvalue weighted by atomic mass is 10.2. The summed E-state index contributed by atoms with van der Waals surface area (Å²) >= 11 is 0. The number of carbonyl (C=O) groups is 1. The number of nitrogens with zero attached hydrogens (tertiary/aromatic N) is 1. The summed E-state index contributed by atoms with van der Waals surface area (Å²) in [6.07, 6.45) is 1.08. The molecule has 1 N–H and O–H groups in total. The monoisotopic (exact) mass is 220 g/mol. The average molecular weight is 220 g/mol. The summed E-state index contributed by atoms with van der Waals surface area (Å²) < 4.78 is 21.8. The molecular weight excluding hydrogens is 204 g/mol. The first-order chi connectivity index (χ1) is 6.38. The number of hydrogen-bond acceptors (Lipinski definition) is 4. The van der Waals surface area contributed by atoms with Gasteiger partial charge in [0.1, 0.15) is 5.75 Å². The maximum absolute atomic E-state index is 11.5. The van der Waals surface area contributed by atoms with Crippen LogP contribution in [0.2, 0.25) is 0 Å². The van der Waals surface area contributed by atoms with E-state index in [2.05, 4.69) is 5.32 Å². The topological polar surface area (TPSA) is 66.5 Å². The van der Waals surface area contributed by atoms with Crippen LogP contribution in [-0.4, -0.2) is 56.9 Å². The van der Waals surface area contributed by atoms with Crippen LogP contribution in [0.4, 0.5) is 0 Å². The Kier molecular flexibility index (Phi) is 3.49. The standard InChI is InChI=1S/C8H16N2O3S/c1-7-5-10(4-3-9-7)8(11)6-14(2,12)13/h7,9H,3-6H2,1-2H3/t7-/m0/s1. The van der Waals surface area contributed by atoms with Crippen LogP contribution in [0.1, 0.15) is 6.92 Å². The van der Waals surface area contributed by atoms with Gasteiger partial charge in [-0.3, -0.25) is 4.79 Å². The first kappa shape index (κ1) is 11.5. The third-order valence-corrected chi connectivity index (χ3v) is 2.88. The molecule has 0 aromatic carbocycles. The molecule has 0 radical (unpaired) electrons. The van der Waals surface area contributed by atoms with Crippen molar-refractivity contribution in [1.29, 1.82) is 0 Å². The highest BCUT2D eigenvalue weighted by atomic mass is 32.2. The molecular formula is C8H16N2O3S. The van der Waals surface area contributed by atoms with Crippen LogP contribution in [0.5, 0.6) is 0 Å². The molecule has 1 rings (SSSR count). The number of nitrogens with one attached hydrogen (secondary N) is 1. The van der Waals surface area contributed by atoms with Crippen LogP contribution in [0, 0.1) is 0 Å². The van der Waals surface area contributed by atoms with E-state index in [4.69, 9.17) is 0 Å². The number of sulfone groups is 1. The van der Waals surface area contributed by atoms with Crippen molar-refractivity contribution in [2.75, 3.05) is 31.6 Å². The van der Waals surface area contributed by atoms with Crippen molar-refractivity contribution >= 4 is 15.7 Å². The quantitative estimate of drug-likeness (QED) is 0.638. The second-order valence-corrected chi connectivity index (χ2v) is 5.91. The minimum atomic E-state index is -3.20. The van der Waals surface area contributed by atoms with Gasteiger partial charge in [0, 0.05) is 31.9 Å². The third kappa shape index (κ3) is 3.63. The fraction of sp³-hybridized carbons (Fsp3) is 0.875. The van der Waals surface area contributed by atoms with E-state index >= 15 is 0 Å². The SMILES string of the molecule is C[C@H]1CN(C(=O)CS(C)(=O)=O)CCN1. The van der Waals surface area contributed by atoms with E-state index < -0.39 is 9.84 Å². The van der Waals surface area contributed by atoms with Gasteiger partial charge < -0.3 is 10.2 Å². The van der Waals surface area contributed by atoms with Gasteiger partial charge in [-0.05, 0) is 6.92 Å². The van der Waals surface area contributed by atoms with Gasteiger partial charge in [-0.1, -0.05) is 0 Å². The molecule has 1 fully saturated rings. The molecule has 14 heavy (non-hydrogen) atoms. The summed E-state index contributed by atoms with van der Waals surface area (Å²) in [5.41, 5.74) is 0. The molecule has 1 aliphatic heterocycles. The van der Waals surface area contributed by atoms with Gasteiger partial charge >= 0.3 is 0 Å². The molecule has 0 aromatic heterocycles. The Morgan fingerprint density at radius 3 is 2.71 bits per heavy atom. The highest BCUT2D eigenvalue weighted by Gasteiger charge is 2.22. The van der Waals surface area contributed by atoms with Gasteiger partial charge in [-0.15, -0.1) is 0 Å². The zero-order chi connectivity index (χ0) is 10.8. The fourth-order valence-corrected chi connectivity index (χ4v) is 2.11. The van der Waals surface area contributed by atoms with Gasteiger partial charge in [0.15, 0.2) is 9.84 Å². The van der Waals surface area contributed by atoms with Gasteiger partial charge in [0.2, 0.25) is 5.91 Å². The second kappa shape index (κ2) is 4.27. The van der Waals surface area contributed by atoms with E-state index in [1.807, 2.05) is 6.92 Å². The number of hydrogen-bond donors (Lipinski definition) is 1. The number of piperazine rings is 1. The molecule has 1 saturated heterocycles. The molecule has 1 heterocycles. The second-order valence-electron chi connectivity index (χ2n) is 3.77. The molecule has 0 unspecified atom stereocenters. The summed E-state index contributed by atoms with van der Waals surface area (Å²) in [7, 11) is -3.20.